The third kappa shape index (κ3) is 4.33. The van der Waals surface area contributed by atoms with Gasteiger partial charge in [-0.05, 0) is 54.8 Å². The molecule has 2 rings (SSSR count). The van der Waals surface area contributed by atoms with Crippen LogP contribution < -0.4 is 10.2 Å². The van der Waals surface area contributed by atoms with Crippen molar-refractivity contribution < 1.29 is 0 Å². The largest absolute Gasteiger partial charge is 0.345 e. The molecule has 0 amide bonds. The Kier molecular flexibility index (Phi) is 5.03. The molecule has 0 fully saturated rings. The Hall–Kier alpha value is -1.80. The zero-order valence-corrected chi connectivity index (χ0v) is 13.8. The summed E-state index contributed by atoms with van der Waals surface area (Å²) in [4.78, 5) is 2.24. The molecule has 112 valence electrons. The Morgan fingerprint density at radius 2 is 1.48 bits per heavy atom. The first-order chi connectivity index (χ1) is 9.95. The van der Waals surface area contributed by atoms with E-state index in [-0.39, 0.29) is 0 Å². The van der Waals surface area contributed by atoms with E-state index >= 15 is 0 Å². The maximum Gasteiger partial charge on any atom is 0.0413 e. The minimum atomic E-state index is 0.516. The topological polar surface area (TPSA) is 15.3 Å². The molecule has 2 aromatic carbocycles. The molecule has 2 nitrogen and oxygen atoms in total. The third-order valence-electron chi connectivity index (χ3n) is 3.63. The lowest BCUT2D eigenvalue weighted by Gasteiger charge is -2.21. The van der Waals surface area contributed by atoms with Gasteiger partial charge in [0.15, 0.2) is 0 Å². The minimum Gasteiger partial charge on any atom is -0.345 e. The molecule has 0 aliphatic heterocycles. The van der Waals surface area contributed by atoms with Crippen LogP contribution in [0.3, 0.4) is 0 Å². The second kappa shape index (κ2) is 6.77. The van der Waals surface area contributed by atoms with Crippen LogP contribution in [-0.4, -0.2) is 13.1 Å². The molecular weight excluding hydrogens is 256 g/mol. The lowest BCUT2D eigenvalue weighted by atomic mass is 10.1. The quantitative estimate of drug-likeness (QED) is 0.864. The number of benzene rings is 2. The van der Waals surface area contributed by atoms with E-state index in [2.05, 4.69) is 87.4 Å². The summed E-state index contributed by atoms with van der Waals surface area (Å²) in [6, 6.07) is 15.9. The molecule has 21 heavy (non-hydrogen) atoms. The maximum atomic E-state index is 3.44. The first-order valence-electron chi connectivity index (χ1n) is 7.60. The van der Waals surface area contributed by atoms with Crippen LogP contribution in [0.15, 0.2) is 42.5 Å². The van der Waals surface area contributed by atoms with E-state index in [4.69, 9.17) is 0 Å². The van der Waals surface area contributed by atoms with Crippen LogP contribution in [0.1, 0.15) is 30.5 Å². The standard InChI is InChI=1S/C19H26N2/c1-14(2)20-13-17-6-8-18(9-7-17)21(5)19-11-15(3)10-16(4)12-19/h6-12,14,20H,13H2,1-5H3. The van der Waals surface area contributed by atoms with Gasteiger partial charge in [0, 0.05) is 31.0 Å². The first kappa shape index (κ1) is 15.6. The number of rotatable bonds is 5. The molecule has 0 atom stereocenters. The fraction of sp³-hybridized carbons (Fsp3) is 0.368. The molecule has 0 heterocycles. The van der Waals surface area contributed by atoms with Crippen molar-refractivity contribution in [1.29, 1.82) is 0 Å². The zero-order valence-electron chi connectivity index (χ0n) is 13.8. The maximum absolute atomic E-state index is 3.44. The van der Waals surface area contributed by atoms with Gasteiger partial charge < -0.3 is 10.2 Å². The predicted octanol–water partition coefficient (Wildman–Crippen LogP) is 4.57. The molecule has 0 aliphatic carbocycles. The van der Waals surface area contributed by atoms with Crippen molar-refractivity contribution in [2.75, 3.05) is 11.9 Å². The van der Waals surface area contributed by atoms with Crippen LogP contribution in [0.2, 0.25) is 0 Å². The number of anilines is 2. The Bertz CT molecular complexity index is 565. The summed E-state index contributed by atoms with van der Waals surface area (Å²) < 4.78 is 0. The van der Waals surface area contributed by atoms with Crippen LogP contribution in [0, 0.1) is 13.8 Å². The summed E-state index contributed by atoms with van der Waals surface area (Å²) in [6.45, 7) is 9.55. The summed E-state index contributed by atoms with van der Waals surface area (Å²) in [5.41, 5.74) is 6.37. The predicted molar refractivity (Wildman–Crippen MR) is 92.4 cm³/mol. The zero-order chi connectivity index (χ0) is 15.4. The second-order valence-electron chi connectivity index (χ2n) is 6.11. The summed E-state index contributed by atoms with van der Waals surface area (Å²) in [5.74, 6) is 0. The average molecular weight is 282 g/mol. The molecule has 0 unspecified atom stereocenters. The molecular formula is C19H26N2. The summed E-state index contributed by atoms with van der Waals surface area (Å²) in [6.07, 6.45) is 0. The third-order valence-corrected chi connectivity index (χ3v) is 3.63. The molecule has 0 aliphatic rings. The molecule has 0 spiro atoms. The van der Waals surface area contributed by atoms with Gasteiger partial charge in [-0.25, -0.2) is 0 Å². The van der Waals surface area contributed by atoms with Crippen LogP contribution in [0.4, 0.5) is 11.4 Å². The number of aryl methyl sites for hydroxylation is 2. The normalized spacial score (nSPS) is 11.0. The van der Waals surface area contributed by atoms with Crippen molar-refractivity contribution in [3.05, 3.63) is 59.2 Å². The fourth-order valence-corrected chi connectivity index (χ4v) is 2.45. The summed E-state index contributed by atoms with van der Waals surface area (Å²) in [7, 11) is 2.12. The first-order valence-corrected chi connectivity index (χ1v) is 7.60. The van der Waals surface area contributed by atoms with Gasteiger partial charge in [-0.3, -0.25) is 0 Å². The van der Waals surface area contributed by atoms with Crippen LogP contribution in [0.25, 0.3) is 0 Å². The lowest BCUT2D eigenvalue weighted by Crippen LogP contribution is -2.21. The average Bonchev–Trinajstić information content (AvgIpc) is 2.44. The summed E-state index contributed by atoms with van der Waals surface area (Å²) >= 11 is 0. The highest BCUT2D eigenvalue weighted by Gasteiger charge is 2.05. The number of hydrogen-bond donors (Lipinski definition) is 1. The van der Waals surface area contributed by atoms with Gasteiger partial charge in [0.2, 0.25) is 0 Å². The fourth-order valence-electron chi connectivity index (χ4n) is 2.45. The van der Waals surface area contributed by atoms with E-state index in [1.807, 2.05) is 0 Å². The van der Waals surface area contributed by atoms with E-state index in [1.165, 1.54) is 28.1 Å². The highest BCUT2D eigenvalue weighted by molar-refractivity contribution is 5.64. The molecule has 0 bridgehead atoms. The van der Waals surface area contributed by atoms with E-state index < -0.39 is 0 Å². The van der Waals surface area contributed by atoms with Crippen molar-refractivity contribution in [3.63, 3.8) is 0 Å². The van der Waals surface area contributed by atoms with Gasteiger partial charge in [0.25, 0.3) is 0 Å². The van der Waals surface area contributed by atoms with E-state index in [0.717, 1.165) is 6.54 Å². The smallest absolute Gasteiger partial charge is 0.0413 e. The van der Waals surface area contributed by atoms with Gasteiger partial charge in [-0.15, -0.1) is 0 Å². The van der Waals surface area contributed by atoms with E-state index in [1.54, 1.807) is 0 Å². The molecule has 2 heteroatoms. The van der Waals surface area contributed by atoms with Crippen molar-refractivity contribution in [1.82, 2.24) is 5.32 Å². The number of nitrogens with zero attached hydrogens (tertiary/aromatic N) is 1. The Morgan fingerprint density at radius 1 is 0.905 bits per heavy atom. The van der Waals surface area contributed by atoms with Crippen molar-refractivity contribution in [2.24, 2.45) is 0 Å². The number of hydrogen-bond acceptors (Lipinski definition) is 2. The van der Waals surface area contributed by atoms with Crippen LogP contribution in [-0.2, 0) is 6.54 Å². The molecule has 0 saturated carbocycles. The van der Waals surface area contributed by atoms with E-state index in [0.29, 0.717) is 6.04 Å². The van der Waals surface area contributed by atoms with Crippen LogP contribution >= 0.6 is 0 Å². The van der Waals surface area contributed by atoms with E-state index in [9.17, 15) is 0 Å². The Morgan fingerprint density at radius 3 is 2.00 bits per heavy atom. The van der Waals surface area contributed by atoms with Gasteiger partial charge in [-0.1, -0.05) is 32.0 Å². The molecule has 0 aromatic heterocycles. The van der Waals surface area contributed by atoms with Crippen molar-refractivity contribution in [3.8, 4) is 0 Å². The van der Waals surface area contributed by atoms with Crippen molar-refractivity contribution in [2.45, 2.75) is 40.3 Å². The second-order valence-corrected chi connectivity index (χ2v) is 6.11. The molecule has 0 radical (unpaired) electrons. The number of nitrogens with one attached hydrogen (secondary N) is 1. The highest BCUT2D eigenvalue weighted by atomic mass is 15.1. The lowest BCUT2D eigenvalue weighted by molar-refractivity contribution is 0.589. The monoisotopic (exact) mass is 282 g/mol. The van der Waals surface area contributed by atoms with Crippen molar-refractivity contribution >= 4 is 11.4 Å². The van der Waals surface area contributed by atoms with Crippen LogP contribution in [0.5, 0.6) is 0 Å². The molecule has 1 N–H and O–H groups in total. The molecule has 0 saturated heterocycles. The Balaban J connectivity index is 2.14. The van der Waals surface area contributed by atoms with Gasteiger partial charge in [0.05, 0.1) is 0 Å². The van der Waals surface area contributed by atoms with Gasteiger partial charge in [0.1, 0.15) is 0 Å². The molecule has 2 aromatic rings. The SMILES string of the molecule is Cc1cc(C)cc(N(C)c2ccc(CNC(C)C)cc2)c1. The summed E-state index contributed by atoms with van der Waals surface area (Å²) in [5, 5.41) is 3.44. The van der Waals surface area contributed by atoms with Gasteiger partial charge in [-0.2, -0.15) is 0 Å². The minimum absolute atomic E-state index is 0.516. The Labute approximate surface area is 128 Å². The highest BCUT2D eigenvalue weighted by Crippen LogP contribution is 2.25. The van der Waals surface area contributed by atoms with Gasteiger partial charge >= 0.3 is 0 Å².